The van der Waals surface area contributed by atoms with Crippen molar-refractivity contribution in [1.82, 2.24) is 10.2 Å². The van der Waals surface area contributed by atoms with Crippen LogP contribution in [0.4, 0.5) is 4.79 Å². The topological polar surface area (TPSA) is 90.9 Å². The Morgan fingerprint density at radius 3 is 2.59 bits per heavy atom. The summed E-state index contributed by atoms with van der Waals surface area (Å²) >= 11 is 0. The predicted molar refractivity (Wildman–Crippen MR) is 66.0 cm³/mol. The third-order valence-electron chi connectivity index (χ3n) is 3.03. The number of nitrogens with one attached hydrogen (secondary N) is 1. The Bertz CT molecular complexity index is 285. The fourth-order valence-corrected chi connectivity index (χ4v) is 2.02. The molecule has 0 heterocycles. The summed E-state index contributed by atoms with van der Waals surface area (Å²) in [5.41, 5.74) is 5.44. The van der Waals surface area contributed by atoms with E-state index in [9.17, 15) is 4.79 Å². The van der Waals surface area contributed by atoms with Crippen LogP contribution in [0.3, 0.4) is 0 Å². The molecule has 4 N–H and O–H groups in total. The Morgan fingerprint density at radius 2 is 2.12 bits per heavy atom. The number of oxime groups is 1. The van der Waals surface area contributed by atoms with Gasteiger partial charge in [0.15, 0.2) is 5.84 Å². The van der Waals surface area contributed by atoms with Crippen molar-refractivity contribution >= 4 is 11.9 Å². The summed E-state index contributed by atoms with van der Waals surface area (Å²) in [6, 6.07) is 0.145. The van der Waals surface area contributed by atoms with Crippen LogP contribution < -0.4 is 11.1 Å². The highest BCUT2D eigenvalue weighted by atomic mass is 16.4. The summed E-state index contributed by atoms with van der Waals surface area (Å²) in [6.45, 7) is 3.95. The molecule has 6 nitrogen and oxygen atoms in total. The lowest BCUT2D eigenvalue weighted by Gasteiger charge is -2.27. The van der Waals surface area contributed by atoms with Gasteiger partial charge in [0.1, 0.15) is 0 Å². The van der Waals surface area contributed by atoms with Crippen molar-refractivity contribution in [1.29, 1.82) is 0 Å². The average Bonchev–Trinajstić information content (AvgIpc) is 2.77. The van der Waals surface area contributed by atoms with Gasteiger partial charge in [0.05, 0.1) is 6.54 Å². The van der Waals surface area contributed by atoms with Crippen LogP contribution in [0.2, 0.25) is 0 Å². The SMILES string of the molecule is CC(C)N(CC(N)=NO)C(=O)NC1CCCC1. The molecular formula is C11H22N4O2. The number of amidine groups is 1. The number of carbonyl (C=O) groups is 1. The minimum absolute atomic E-state index is 0.0108. The molecule has 2 amide bonds. The van der Waals surface area contributed by atoms with Gasteiger partial charge in [-0.2, -0.15) is 0 Å². The monoisotopic (exact) mass is 242 g/mol. The van der Waals surface area contributed by atoms with E-state index in [1.807, 2.05) is 13.8 Å². The van der Waals surface area contributed by atoms with Gasteiger partial charge >= 0.3 is 6.03 Å². The molecule has 1 saturated carbocycles. The fourth-order valence-electron chi connectivity index (χ4n) is 2.02. The standard InChI is InChI=1S/C11H22N4O2/c1-8(2)15(7-10(12)14-17)11(16)13-9-5-3-4-6-9/h8-9,17H,3-7H2,1-2H3,(H2,12,14)(H,13,16). The summed E-state index contributed by atoms with van der Waals surface area (Å²) in [4.78, 5) is 13.6. The maximum absolute atomic E-state index is 12.0. The van der Waals surface area contributed by atoms with Crippen molar-refractivity contribution in [2.45, 2.75) is 51.6 Å². The van der Waals surface area contributed by atoms with Gasteiger partial charge < -0.3 is 21.2 Å². The molecule has 0 saturated heterocycles. The second-order valence-corrected chi connectivity index (χ2v) is 4.74. The van der Waals surface area contributed by atoms with Crippen molar-refractivity contribution in [3.05, 3.63) is 0 Å². The minimum Gasteiger partial charge on any atom is -0.409 e. The zero-order valence-corrected chi connectivity index (χ0v) is 10.5. The van der Waals surface area contributed by atoms with Crippen LogP contribution >= 0.6 is 0 Å². The molecule has 1 fully saturated rings. The van der Waals surface area contributed by atoms with Gasteiger partial charge in [-0.05, 0) is 26.7 Å². The molecule has 98 valence electrons. The van der Waals surface area contributed by atoms with E-state index in [4.69, 9.17) is 10.9 Å². The van der Waals surface area contributed by atoms with Crippen LogP contribution in [0.15, 0.2) is 5.16 Å². The lowest BCUT2D eigenvalue weighted by Crippen LogP contribution is -2.50. The molecule has 0 bridgehead atoms. The first-order chi connectivity index (χ1) is 8.04. The zero-order valence-electron chi connectivity index (χ0n) is 10.5. The molecule has 6 heteroatoms. The largest absolute Gasteiger partial charge is 0.409 e. The molecule has 0 aliphatic heterocycles. The van der Waals surface area contributed by atoms with Crippen LogP contribution in [0, 0.1) is 0 Å². The van der Waals surface area contributed by atoms with E-state index in [2.05, 4.69) is 10.5 Å². The fraction of sp³-hybridized carbons (Fsp3) is 0.818. The number of nitrogens with two attached hydrogens (primary N) is 1. The highest BCUT2D eigenvalue weighted by Crippen LogP contribution is 2.18. The van der Waals surface area contributed by atoms with E-state index < -0.39 is 0 Å². The van der Waals surface area contributed by atoms with E-state index in [-0.39, 0.29) is 30.5 Å². The Morgan fingerprint density at radius 1 is 1.53 bits per heavy atom. The van der Waals surface area contributed by atoms with Crippen LogP contribution in [-0.2, 0) is 0 Å². The summed E-state index contributed by atoms with van der Waals surface area (Å²) in [7, 11) is 0. The molecular weight excluding hydrogens is 220 g/mol. The summed E-state index contributed by atoms with van der Waals surface area (Å²) in [6.07, 6.45) is 4.43. The van der Waals surface area contributed by atoms with E-state index in [0.717, 1.165) is 12.8 Å². The number of amides is 2. The first-order valence-electron chi connectivity index (χ1n) is 6.08. The van der Waals surface area contributed by atoms with E-state index >= 15 is 0 Å². The van der Waals surface area contributed by atoms with Gasteiger partial charge in [-0.3, -0.25) is 0 Å². The number of carbonyl (C=O) groups excluding carboxylic acids is 1. The third-order valence-corrected chi connectivity index (χ3v) is 3.03. The van der Waals surface area contributed by atoms with Crippen LogP contribution in [0.1, 0.15) is 39.5 Å². The zero-order chi connectivity index (χ0) is 12.8. The van der Waals surface area contributed by atoms with Crippen molar-refractivity contribution < 1.29 is 10.0 Å². The van der Waals surface area contributed by atoms with Crippen LogP contribution in [0.25, 0.3) is 0 Å². The first kappa shape index (κ1) is 13.6. The van der Waals surface area contributed by atoms with Crippen molar-refractivity contribution in [3.8, 4) is 0 Å². The normalized spacial score (nSPS) is 17.5. The van der Waals surface area contributed by atoms with E-state index in [1.54, 1.807) is 4.90 Å². The molecule has 0 spiro atoms. The Kier molecular flexibility index (Phi) is 5.06. The minimum atomic E-state index is -0.140. The molecule has 0 aromatic rings. The second-order valence-electron chi connectivity index (χ2n) is 4.74. The van der Waals surface area contributed by atoms with Gasteiger partial charge in [-0.25, -0.2) is 4.79 Å². The lowest BCUT2D eigenvalue weighted by molar-refractivity contribution is 0.187. The Balaban J connectivity index is 2.53. The van der Waals surface area contributed by atoms with Crippen molar-refractivity contribution in [2.24, 2.45) is 10.9 Å². The quantitative estimate of drug-likeness (QED) is 0.298. The number of hydrogen-bond donors (Lipinski definition) is 3. The average molecular weight is 242 g/mol. The number of nitrogens with zero attached hydrogens (tertiary/aromatic N) is 2. The van der Waals surface area contributed by atoms with Crippen molar-refractivity contribution in [2.75, 3.05) is 6.54 Å². The smallest absolute Gasteiger partial charge is 0.318 e. The summed E-state index contributed by atoms with van der Waals surface area (Å²) < 4.78 is 0. The van der Waals surface area contributed by atoms with Gasteiger partial charge in [0.25, 0.3) is 0 Å². The van der Waals surface area contributed by atoms with E-state index in [0.29, 0.717) is 0 Å². The number of rotatable bonds is 4. The second kappa shape index (κ2) is 6.32. The molecule has 1 rings (SSSR count). The molecule has 0 aromatic carbocycles. The molecule has 0 atom stereocenters. The lowest BCUT2D eigenvalue weighted by atomic mass is 10.2. The van der Waals surface area contributed by atoms with Gasteiger partial charge in [0, 0.05) is 12.1 Å². The molecule has 0 unspecified atom stereocenters. The Hall–Kier alpha value is -1.46. The van der Waals surface area contributed by atoms with Crippen molar-refractivity contribution in [3.63, 3.8) is 0 Å². The molecule has 1 aliphatic rings. The van der Waals surface area contributed by atoms with Crippen LogP contribution in [0.5, 0.6) is 0 Å². The first-order valence-corrected chi connectivity index (χ1v) is 6.08. The molecule has 0 radical (unpaired) electrons. The third kappa shape index (κ3) is 4.13. The molecule has 17 heavy (non-hydrogen) atoms. The maximum atomic E-state index is 12.0. The molecule has 1 aliphatic carbocycles. The van der Waals surface area contributed by atoms with Gasteiger partial charge in [-0.1, -0.05) is 18.0 Å². The molecule has 0 aromatic heterocycles. The summed E-state index contributed by atoms with van der Waals surface area (Å²) in [5.74, 6) is 0.0419. The Labute approximate surface area is 102 Å². The highest BCUT2D eigenvalue weighted by molar-refractivity contribution is 5.86. The van der Waals surface area contributed by atoms with Gasteiger partial charge in [0.2, 0.25) is 0 Å². The number of urea groups is 1. The predicted octanol–water partition coefficient (Wildman–Crippen LogP) is 1.10. The van der Waals surface area contributed by atoms with Crippen LogP contribution in [-0.4, -0.2) is 40.6 Å². The number of hydrogen-bond acceptors (Lipinski definition) is 3. The maximum Gasteiger partial charge on any atom is 0.318 e. The highest BCUT2D eigenvalue weighted by Gasteiger charge is 2.23. The van der Waals surface area contributed by atoms with E-state index in [1.165, 1.54) is 12.8 Å². The summed E-state index contributed by atoms with van der Waals surface area (Å²) in [5, 5.41) is 14.4. The van der Waals surface area contributed by atoms with Gasteiger partial charge in [-0.15, -0.1) is 0 Å².